The van der Waals surface area contributed by atoms with Crippen LogP contribution in [0.5, 0.6) is 5.75 Å². The van der Waals surface area contributed by atoms with Crippen LogP contribution in [0.2, 0.25) is 0 Å². The lowest BCUT2D eigenvalue weighted by molar-refractivity contribution is 0.112. The highest BCUT2D eigenvalue weighted by atomic mass is 16.5. The Balaban J connectivity index is 2.51. The van der Waals surface area contributed by atoms with E-state index in [4.69, 9.17) is 4.74 Å². The molecule has 1 aromatic heterocycles. The fraction of sp³-hybridized carbons (Fsp3) is 0.286. The van der Waals surface area contributed by atoms with Crippen molar-refractivity contribution in [1.29, 1.82) is 0 Å². The molecule has 0 aliphatic rings. The van der Waals surface area contributed by atoms with Crippen LogP contribution in [0.25, 0.3) is 11.1 Å². The number of aromatic nitrogens is 2. The van der Waals surface area contributed by atoms with Gasteiger partial charge in [-0.1, -0.05) is 12.1 Å². The predicted molar refractivity (Wildman–Crippen MR) is 69.9 cm³/mol. The van der Waals surface area contributed by atoms with Gasteiger partial charge < -0.3 is 4.74 Å². The topological polar surface area (TPSA) is 44.1 Å². The highest BCUT2D eigenvalue weighted by molar-refractivity contribution is 5.85. The second-order valence-corrected chi connectivity index (χ2v) is 3.86. The van der Waals surface area contributed by atoms with Gasteiger partial charge in [0.1, 0.15) is 5.75 Å². The van der Waals surface area contributed by atoms with Gasteiger partial charge in [0, 0.05) is 23.9 Å². The lowest BCUT2D eigenvalue weighted by atomic mass is 10.0. The summed E-state index contributed by atoms with van der Waals surface area (Å²) in [5.41, 5.74) is 2.43. The van der Waals surface area contributed by atoms with Crippen molar-refractivity contribution in [3.8, 4) is 16.9 Å². The molecule has 0 unspecified atom stereocenters. The number of benzene rings is 1. The van der Waals surface area contributed by atoms with Crippen LogP contribution in [0.3, 0.4) is 0 Å². The fourth-order valence-corrected chi connectivity index (χ4v) is 1.86. The number of carbonyl (C=O) groups is 1. The molecule has 1 heterocycles. The standard InChI is InChI=1S/C14H16N2O2/c1-3-16-9-12(8-15-16)13-7-5-6-11(10-17)14(13)18-4-2/h5-10H,3-4H2,1-2H3. The van der Waals surface area contributed by atoms with Crippen molar-refractivity contribution in [2.75, 3.05) is 6.61 Å². The number of carbonyl (C=O) groups excluding carboxylic acids is 1. The number of ether oxygens (including phenoxy) is 1. The van der Waals surface area contributed by atoms with Crippen LogP contribution in [-0.2, 0) is 6.54 Å². The van der Waals surface area contributed by atoms with Crippen LogP contribution in [0.1, 0.15) is 24.2 Å². The number of rotatable bonds is 5. The molecule has 2 aromatic rings. The maximum absolute atomic E-state index is 11.0. The number of nitrogens with zero attached hydrogens (tertiary/aromatic N) is 2. The Hall–Kier alpha value is -2.10. The highest BCUT2D eigenvalue weighted by Gasteiger charge is 2.12. The molecule has 0 N–H and O–H groups in total. The zero-order valence-electron chi connectivity index (χ0n) is 10.6. The minimum absolute atomic E-state index is 0.528. The third-order valence-corrected chi connectivity index (χ3v) is 2.73. The largest absolute Gasteiger partial charge is 0.492 e. The molecule has 0 radical (unpaired) electrons. The number of aryl methyl sites for hydroxylation is 1. The van der Waals surface area contributed by atoms with E-state index in [1.54, 1.807) is 12.3 Å². The molecule has 1 aromatic carbocycles. The zero-order chi connectivity index (χ0) is 13.0. The molecule has 0 aliphatic carbocycles. The summed E-state index contributed by atoms with van der Waals surface area (Å²) in [4.78, 5) is 11.0. The van der Waals surface area contributed by atoms with E-state index in [0.29, 0.717) is 17.9 Å². The molecule has 0 saturated heterocycles. The fourth-order valence-electron chi connectivity index (χ4n) is 1.86. The highest BCUT2D eigenvalue weighted by Crippen LogP contribution is 2.32. The van der Waals surface area contributed by atoms with E-state index in [0.717, 1.165) is 24.0 Å². The Kier molecular flexibility index (Phi) is 3.77. The second-order valence-electron chi connectivity index (χ2n) is 3.86. The van der Waals surface area contributed by atoms with Gasteiger partial charge in [-0.05, 0) is 19.9 Å². The lowest BCUT2D eigenvalue weighted by Crippen LogP contribution is -1.98. The Morgan fingerprint density at radius 2 is 2.22 bits per heavy atom. The van der Waals surface area contributed by atoms with Gasteiger partial charge in [0.2, 0.25) is 0 Å². The number of aldehydes is 1. The Bertz CT molecular complexity index is 546. The molecule has 0 aliphatic heterocycles. The van der Waals surface area contributed by atoms with Crippen LogP contribution in [0.4, 0.5) is 0 Å². The zero-order valence-corrected chi connectivity index (χ0v) is 10.6. The van der Waals surface area contributed by atoms with Crippen molar-refractivity contribution < 1.29 is 9.53 Å². The van der Waals surface area contributed by atoms with Crippen molar-refractivity contribution in [1.82, 2.24) is 9.78 Å². The molecule has 0 bridgehead atoms. The maximum atomic E-state index is 11.0. The van der Waals surface area contributed by atoms with Crippen LogP contribution in [0, 0.1) is 0 Å². The molecule has 0 atom stereocenters. The lowest BCUT2D eigenvalue weighted by Gasteiger charge is -2.10. The monoisotopic (exact) mass is 244 g/mol. The molecule has 0 spiro atoms. The molecule has 0 saturated carbocycles. The van der Waals surface area contributed by atoms with Gasteiger partial charge >= 0.3 is 0 Å². The van der Waals surface area contributed by atoms with Gasteiger partial charge in [-0.15, -0.1) is 0 Å². The summed E-state index contributed by atoms with van der Waals surface area (Å²) in [6, 6.07) is 5.55. The normalized spacial score (nSPS) is 10.3. The third kappa shape index (κ3) is 2.27. The maximum Gasteiger partial charge on any atom is 0.153 e. The van der Waals surface area contributed by atoms with E-state index in [1.165, 1.54) is 0 Å². The first kappa shape index (κ1) is 12.4. The SMILES string of the molecule is CCOc1c(C=O)cccc1-c1cnn(CC)c1. The van der Waals surface area contributed by atoms with Gasteiger partial charge in [0.15, 0.2) is 6.29 Å². The van der Waals surface area contributed by atoms with Crippen LogP contribution in [-0.4, -0.2) is 22.7 Å². The summed E-state index contributed by atoms with van der Waals surface area (Å²) in [5.74, 6) is 0.630. The Morgan fingerprint density at radius 3 is 2.83 bits per heavy atom. The van der Waals surface area contributed by atoms with E-state index in [1.807, 2.05) is 36.9 Å². The molecule has 4 nitrogen and oxygen atoms in total. The molecule has 2 rings (SSSR count). The first-order valence-corrected chi connectivity index (χ1v) is 6.04. The summed E-state index contributed by atoms with van der Waals surface area (Å²) >= 11 is 0. The van der Waals surface area contributed by atoms with Gasteiger partial charge in [-0.3, -0.25) is 9.48 Å². The number of hydrogen-bond acceptors (Lipinski definition) is 3. The quantitative estimate of drug-likeness (QED) is 0.760. The summed E-state index contributed by atoms with van der Waals surface area (Å²) in [6.45, 7) is 5.28. The smallest absolute Gasteiger partial charge is 0.153 e. The molecule has 18 heavy (non-hydrogen) atoms. The van der Waals surface area contributed by atoms with E-state index >= 15 is 0 Å². The van der Waals surface area contributed by atoms with Crippen LogP contribution in [0.15, 0.2) is 30.6 Å². The second kappa shape index (κ2) is 5.49. The Morgan fingerprint density at radius 1 is 1.39 bits per heavy atom. The number of para-hydroxylation sites is 1. The van der Waals surface area contributed by atoms with E-state index in [-0.39, 0.29) is 0 Å². The number of hydrogen-bond donors (Lipinski definition) is 0. The first-order valence-electron chi connectivity index (χ1n) is 6.04. The minimum atomic E-state index is 0.528. The van der Waals surface area contributed by atoms with Gasteiger partial charge in [-0.2, -0.15) is 5.10 Å². The van der Waals surface area contributed by atoms with Crippen molar-refractivity contribution in [3.63, 3.8) is 0 Å². The van der Waals surface area contributed by atoms with Gasteiger partial charge in [0.05, 0.1) is 18.4 Å². The third-order valence-electron chi connectivity index (χ3n) is 2.73. The van der Waals surface area contributed by atoms with Gasteiger partial charge in [0.25, 0.3) is 0 Å². The molecular weight excluding hydrogens is 228 g/mol. The average molecular weight is 244 g/mol. The summed E-state index contributed by atoms with van der Waals surface area (Å²) in [5, 5.41) is 4.24. The summed E-state index contributed by atoms with van der Waals surface area (Å²) < 4.78 is 7.43. The first-order chi connectivity index (χ1) is 8.80. The van der Waals surface area contributed by atoms with Crippen molar-refractivity contribution in [2.24, 2.45) is 0 Å². The molecule has 0 amide bonds. The predicted octanol–water partition coefficient (Wildman–Crippen LogP) is 2.78. The molecule has 0 fully saturated rings. The van der Waals surface area contributed by atoms with E-state index in [2.05, 4.69) is 5.10 Å². The Labute approximate surface area is 106 Å². The molecule has 4 heteroatoms. The van der Waals surface area contributed by atoms with Crippen LogP contribution < -0.4 is 4.74 Å². The van der Waals surface area contributed by atoms with E-state index < -0.39 is 0 Å². The molecular formula is C14H16N2O2. The van der Waals surface area contributed by atoms with E-state index in [9.17, 15) is 4.79 Å². The summed E-state index contributed by atoms with van der Waals surface area (Å²) in [7, 11) is 0. The average Bonchev–Trinajstić information content (AvgIpc) is 2.88. The van der Waals surface area contributed by atoms with Crippen LogP contribution >= 0.6 is 0 Å². The van der Waals surface area contributed by atoms with Crippen molar-refractivity contribution in [3.05, 3.63) is 36.2 Å². The van der Waals surface area contributed by atoms with Crippen molar-refractivity contribution in [2.45, 2.75) is 20.4 Å². The summed E-state index contributed by atoms with van der Waals surface area (Å²) in [6.07, 6.45) is 4.56. The molecule has 94 valence electrons. The van der Waals surface area contributed by atoms with Crippen molar-refractivity contribution >= 4 is 6.29 Å². The minimum Gasteiger partial charge on any atom is -0.492 e. The van der Waals surface area contributed by atoms with Gasteiger partial charge in [-0.25, -0.2) is 0 Å².